The zero-order chi connectivity index (χ0) is 18.5. The highest BCUT2D eigenvalue weighted by Crippen LogP contribution is 2.21. The van der Waals surface area contributed by atoms with Crippen LogP contribution in [0, 0.1) is 0 Å². The van der Waals surface area contributed by atoms with E-state index in [4.69, 9.17) is 13.9 Å². The van der Waals surface area contributed by atoms with Crippen LogP contribution >= 0.6 is 0 Å². The van der Waals surface area contributed by atoms with Crippen LogP contribution in [0.5, 0.6) is 11.5 Å². The van der Waals surface area contributed by atoms with Crippen molar-refractivity contribution in [2.45, 2.75) is 19.6 Å². The van der Waals surface area contributed by atoms with Crippen molar-refractivity contribution >= 4 is 16.9 Å². The van der Waals surface area contributed by atoms with Crippen LogP contribution in [-0.4, -0.2) is 19.1 Å². The second-order valence-electron chi connectivity index (χ2n) is 5.74. The van der Waals surface area contributed by atoms with Gasteiger partial charge < -0.3 is 19.2 Å². The van der Waals surface area contributed by atoms with Crippen molar-refractivity contribution in [3.05, 3.63) is 70.6 Å². The van der Waals surface area contributed by atoms with Gasteiger partial charge in [0.05, 0.1) is 7.11 Å². The van der Waals surface area contributed by atoms with Crippen LogP contribution < -0.4 is 20.4 Å². The van der Waals surface area contributed by atoms with Crippen molar-refractivity contribution in [3.8, 4) is 11.5 Å². The van der Waals surface area contributed by atoms with Gasteiger partial charge in [0.2, 0.25) is 0 Å². The number of nitrogens with one attached hydrogen (secondary N) is 1. The highest BCUT2D eigenvalue weighted by Gasteiger charge is 2.15. The Morgan fingerprint density at radius 3 is 2.73 bits per heavy atom. The lowest BCUT2D eigenvalue weighted by Gasteiger charge is -2.15. The second kappa shape index (κ2) is 7.74. The van der Waals surface area contributed by atoms with E-state index in [-0.39, 0.29) is 5.91 Å². The van der Waals surface area contributed by atoms with Crippen LogP contribution in [-0.2, 0) is 11.3 Å². The van der Waals surface area contributed by atoms with Gasteiger partial charge in [0.1, 0.15) is 17.1 Å². The Morgan fingerprint density at radius 1 is 1.15 bits per heavy atom. The Bertz CT molecular complexity index is 979. The van der Waals surface area contributed by atoms with Crippen molar-refractivity contribution in [2.24, 2.45) is 0 Å². The average Bonchev–Trinajstić information content (AvgIpc) is 2.65. The molecule has 2 aromatic carbocycles. The van der Waals surface area contributed by atoms with Crippen molar-refractivity contribution in [2.75, 3.05) is 7.11 Å². The first-order valence-corrected chi connectivity index (χ1v) is 8.17. The number of hydrogen-bond donors (Lipinski definition) is 1. The van der Waals surface area contributed by atoms with E-state index < -0.39 is 11.7 Å². The highest BCUT2D eigenvalue weighted by molar-refractivity contribution is 5.81. The number of rotatable bonds is 6. The van der Waals surface area contributed by atoms with E-state index in [1.807, 2.05) is 24.3 Å². The summed E-state index contributed by atoms with van der Waals surface area (Å²) in [4.78, 5) is 23.6. The summed E-state index contributed by atoms with van der Waals surface area (Å²) in [5, 5.41) is 3.61. The molecule has 1 heterocycles. The maximum atomic E-state index is 12.3. The van der Waals surface area contributed by atoms with Gasteiger partial charge in [0.25, 0.3) is 5.91 Å². The minimum atomic E-state index is -0.711. The first kappa shape index (κ1) is 17.5. The lowest BCUT2D eigenvalue weighted by atomic mass is 10.2. The normalized spacial score (nSPS) is 11.8. The molecule has 0 aliphatic rings. The predicted octanol–water partition coefficient (Wildman–Crippen LogP) is 2.89. The number of hydrogen-bond acceptors (Lipinski definition) is 5. The topological polar surface area (TPSA) is 77.8 Å². The lowest BCUT2D eigenvalue weighted by Crippen LogP contribution is -2.35. The largest absolute Gasteiger partial charge is 0.496 e. The molecule has 0 spiro atoms. The summed E-state index contributed by atoms with van der Waals surface area (Å²) in [6, 6.07) is 15.6. The molecule has 0 saturated heterocycles. The molecule has 134 valence electrons. The lowest BCUT2D eigenvalue weighted by molar-refractivity contribution is -0.127. The monoisotopic (exact) mass is 353 g/mol. The molecule has 3 aromatic rings. The molecular weight excluding hydrogens is 334 g/mol. The summed E-state index contributed by atoms with van der Waals surface area (Å²) < 4.78 is 16.1. The third-order valence-corrected chi connectivity index (χ3v) is 3.92. The second-order valence-corrected chi connectivity index (χ2v) is 5.74. The van der Waals surface area contributed by atoms with E-state index in [1.165, 1.54) is 6.07 Å². The minimum absolute atomic E-state index is 0.259. The van der Waals surface area contributed by atoms with Gasteiger partial charge in [0, 0.05) is 29.6 Å². The van der Waals surface area contributed by atoms with Gasteiger partial charge in [-0.05, 0) is 31.2 Å². The molecular formula is C20H19NO5. The summed E-state index contributed by atoms with van der Waals surface area (Å²) in [5.74, 6) is 0.906. The van der Waals surface area contributed by atoms with Crippen LogP contribution in [0.25, 0.3) is 11.0 Å². The Labute approximate surface area is 150 Å². The summed E-state index contributed by atoms with van der Waals surface area (Å²) in [5.41, 5.74) is 0.858. The molecule has 0 aliphatic carbocycles. The fourth-order valence-corrected chi connectivity index (χ4v) is 2.55. The summed E-state index contributed by atoms with van der Waals surface area (Å²) in [7, 11) is 1.59. The molecule has 6 heteroatoms. The van der Waals surface area contributed by atoms with E-state index in [2.05, 4.69) is 5.32 Å². The average molecular weight is 353 g/mol. The van der Waals surface area contributed by atoms with Gasteiger partial charge in [-0.3, -0.25) is 4.79 Å². The van der Waals surface area contributed by atoms with Crippen molar-refractivity contribution in [3.63, 3.8) is 0 Å². The fourth-order valence-electron chi connectivity index (χ4n) is 2.55. The zero-order valence-corrected chi connectivity index (χ0v) is 14.5. The van der Waals surface area contributed by atoms with E-state index in [0.29, 0.717) is 23.6 Å². The van der Waals surface area contributed by atoms with Crippen molar-refractivity contribution in [1.29, 1.82) is 0 Å². The van der Waals surface area contributed by atoms with Crippen LogP contribution in [0.2, 0.25) is 0 Å². The minimum Gasteiger partial charge on any atom is -0.496 e. The molecule has 1 atom stereocenters. The zero-order valence-electron chi connectivity index (χ0n) is 14.5. The van der Waals surface area contributed by atoms with Crippen LogP contribution in [0.15, 0.2) is 63.8 Å². The summed E-state index contributed by atoms with van der Waals surface area (Å²) in [6.07, 6.45) is -0.711. The number of ether oxygens (including phenoxy) is 2. The van der Waals surface area contributed by atoms with Crippen molar-refractivity contribution in [1.82, 2.24) is 5.32 Å². The number of para-hydroxylation sites is 1. The number of methoxy groups -OCH3 is 1. The number of amides is 1. The Kier molecular flexibility index (Phi) is 5.22. The Morgan fingerprint density at radius 2 is 1.92 bits per heavy atom. The smallest absolute Gasteiger partial charge is 0.336 e. The molecule has 3 rings (SSSR count). The van der Waals surface area contributed by atoms with Gasteiger partial charge in [-0.2, -0.15) is 0 Å². The van der Waals surface area contributed by atoms with E-state index >= 15 is 0 Å². The predicted molar refractivity (Wildman–Crippen MR) is 97.4 cm³/mol. The standard InChI is InChI=1S/C20H19NO5/c1-13(20(23)21-12-15-5-3-4-6-17(15)24-2)25-16-9-7-14-8-10-19(22)26-18(14)11-16/h3-11,13H,12H2,1-2H3,(H,21,23)/t13-/m1/s1. The Hall–Kier alpha value is -3.28. The Balaban J connectivity index is 1.64. The molecule has 0 fully saturated rings. The molecule has 0 saturated carbocycles. The fraction of sp³-hybridized carbons (Fsp3) is 0.200. The maximum absolute atomic E-state index is 12.3. The number of carbonyl (C=O) groups is 1. The quantitative estimate of drug-likeness (QED) is 0.690. The van der Waals surface area contributed by atoms with Crippen LogP contribution in [0.1, 0.15) is 12.5 Å². The number of benzene rings is 2. The van der Waals surface area contributed by atoms with Gasteiger partial charge in [0.15, 0.2) is 6.10 Å². The molecule has 0 unspecified atom stereocenters. The molecule has 26 heavy (non-hydrogen) atoms. The maximum Gasteiger partial charge on any atom is 0.336 e. The third kappa shape index (κ3) is 4.03. The molecule has 0 radical (unpaired) electrons. The van der Waals surface area contributed by atoms with E-state index in [1.54, 1.807) is 38.3 Å². The first-order chi connectivity index (χ1) is 12.6. The molecule has 1 amide bonds. The van der Waals surface area contributed by atoms with Gasteiger partial charge >= 0.3 is 5.63 Å². The summed E-state index contributed by atoms with van der Waals surface area (Å²) in [6.45, 7) is 1.99. The van der Waals surface area contributed by atoms with Crippen molar-refractivity contribution < 1.29 is 18.7 Å². The highest BCUT2D eigenvalue weighted by atomic mass is 16.5. The van der Waals surface area contributed by atoms with Gasteiger partial charge in [-0.15, -0.1) is 0 Å². The molecule has 0 bridgehead atoms. The number of fused-ring (bicyclic) bond motifs is 1. The van der Waals surface area contributed by atoms with Crippen LogP contribution in [0.3, 0.4) is 0 Å². The summed E-state index contributed by atoms with van der Waals surface area (Å²) >= 11 is 0. The van der Waals surface area contributed by atoms with E-state index in [0.717, 1.165) is 10.9 Å². The molecule has 0 aliphatic heterocycles. The van der Waals surface area contributed by atoms with Gasteiger partial charge in [-0.1, -0.05) is 18.2 Å². The third-order valence-electron chi connectivity index (χ3n) is 3.92. The van der Waals surface area contributed by atoms with E-state index in [9.17, 15) is 9.59 Å². The molecule has 6 nitrogen and oxygen atoms in total. The molecule has 1 N–H and O–H groups in total. The number of carbonyl (C=O) groups excluding carboxylic acids is 1. The first-order valence-electron chi connectivity index (χ1n) is 8.17. The SMILES string of the molecule is COc1ccccc1CNC(=O)[C@@H](C)Oc1ccc2ccc(=O)oc2c1. The van der Waals surface area contributed by atoms with Gasteiger partial charge in [-0.25, -0.2) is 4.79 Å². The molecule has 1 aromatic heterocycles. The van der Waals surface area contributed by atoms with Crippen LogP contribution in [0.4, 0.5) is 0 Å².